The molecule has 36 heavy (non-hydrogen) atoms. The maximum Gasteiger partial charge on any atom is 0.409 e. The van der Waals surface area contributed by atoms with Crippen LogP contribution >= 0.6 is 0 Å². The van der Waals surface area contributed by atoms with E-state index in [1.807, 2.05) is 27.7 Å². The summed E-state index contributed by atoms with van der Waals surface area (Å²) in [6.07, 6.45) is 4.77. The zero-order chi connectivity index (χ0) is 26.2. The summed E-state index contributed by atoms with van der Waals surface area (Å²) in [5.74, 6) is 0.138. The molecular weight excluding hydrogens is 465 g/mol. The van der Waals surface area contributed by atoms with E-state index in [0.29, 0.717) is 41.4 Å². The Balaban J connectivity index is 1.71. The van der Waals surface area contributed by atoms with E-state index in [9.17, 15) is 14.0 Å². The van der Waals surface area contributed by atoms with Crippen LogP contribution in [0.15, 0.2) is 24.4 Å². The standard InChI is InChI=1S/C27H36FN3O5/c1-6-12-31(5)27(33)34-16-20-13-21(28)10-11-23(20)25-29-15-24(18(4)30-25)36-22-9-7-8-19(14-22)26(32)35-17(2)3/h10-11,13,15,17,19,22H,6-9,12,14,16H2,1-5H3/t19-,22-/m0/s1. The lowest BCUT2D eigenvalue weighted by molar-refractivity contribution is -0.154. The van der Waals surface area contributed by atoms with E-state index in [2.05, 4.69) is 9.97 Å². The Morgan fingerprint density at radius 2 is 2.03 bits per heavy atom. The van der Waals surface area contributed by atoms with Gasteiger partial charge >= 0.3 is 12.1 Å². The second kappa shape index (κ2) is 12.6. The summed E-state index contributed by atoms with van der Waals surface area (Å²) in [7, 11) is 1.66. The predicted molar refractivity (Wildman–Crippen MR) is 133 cm³/mol. The van der Waals surface area contributed by atoms with Gasteiger partial charge in [-0.25, -0.2) is 19.2 Å². The molecule has 3 rings (SSSR count). The summed E-state index contributed by atoms with van der Waals surface area (Å²) < 4.78 is 30.9. The number of hydrogen-bond donors (Lipinski definition) is 0. The predicted octanol–water partition coefficient (Wildman–Crippen LogP) is 5.46. The number of hydrogen-bond acceptors (Lipinski definition) is 7. The molecule has 2 aromatic rings. The van der Waals surface area contributed by atoms with E-state index >= 15 is 0 Å². The third-order valence-electron chi connectivity index (χ3n) is 6.07. The molecule has 1 aromatic carbocycles. The minimum Gasteiger partial charge on any atom is -0.487 e. The summed E-state index contributed by atoms with van der Waals surface area (Å²) in [6, 6.07) is 4.23. The highest BCUT2D eigenvalue weighted by molar-refractivity contribution is 5.72. The number of nitrogens with zero attached hydrogens (tertiary/aromatic N) is 3. The van der Waals surface area contributed by atoms with Gasteiger partial charge in [0.05, 0.1) is 30.0 Å². The van der Waals surface area contributed by atoms with Crippen LogP contribution in [0.3, 0.4) is 0 Å². The number of amides is 1. The number of carbonyl (C=O) groups is 2. The fraction of sp³-hybridized carbons (Fsp3) is 0.556. The molecule has 0 saturated heterocycles. The van der Waals surface area contributed by atoms with Gasteiger partial charge < -0.3 is 19.1 Å². The van der Waals surface area contributed by atoms with Crippen LogP contribution in [-0.4, -0.2) is 52.7 Å². The average molecular weight is 502 g/mol. The van der Waals surface area contributed by atoms with Gasteiger partial charge in [0.25, 0.3) is 0 Å². The number of esters is 1. The first kappa shape index (κ1) is 27.4. The first-order valence-corrected chi connectivity index (χ1v) is 12.5. The Labute approximate surface area is 212 Å². The quantitative estimate of drug-likeness (QED) is 0.422. The minimum atomic E-state index is -0.476. The Hall–Kier alpha value is -3.23. The molecule has 196 valence electrons. The van der Waals surface area contributed by atoms with Crippen LogP contribution in [0.25, 0.3) is 11.4 Å². The number of rotatable bonds is 9. The van der Waals surface area contributed by atoms with E-state index in [0.717, 1.165) is 25.7 Å². The van der Waals surface area contributed by atoms with E-state index < -0.39 is 11.9 Å². The molecule has 0 bridgehead atoms. The van der Waals surface area contributed by atoms with Gasteiger partial charge in [-0.15, -0.1) is 0 Å². The highest BCUT2D eigenvalue weighted by Crippen LogP contribution is 2.31. The van der Waals surface area contributed by atoms with Crippen LogP contribution in [-0.2, 0) is 20.9 Å². The van der Waals surface area contributed by atoms with Crippen molar-refractivity contribution in [3.8, 4) is 17.1 Å². The summed E-state index contributed by atoms with van der Waals surface area (Å²) in [4.78, 5) is 35.0. The van der Waals surface area contributed by atoms with Crippen molar-refractivity contribution in [2.45, 2.75) is 78.6 Å². The molecule has 8 nitrogen and oxygen atoms in total. The van der Waals surface area contributed by atoms with E-state index in [1.165, 1.54) is 17.0 Å². The molecule has 1 heterocycles. The lowest BCUT2D eigenvalue weighted by atomic mass is 9.87. The third kappa shape index (κ3) is 7.38. The molecule has 1 amide bonds. The lowest BCUT2D eigenvalue weighted by Crippen LogP contribution is -2.32. The highest BCUT2D eigenvalue weighted by atomic mass is 19.1. The van der Waals surface area contributed by atoms with Crippen molar-refractivity contribution in [1.82, 2.24) is 14.9 Å². The molecule has 1 aromatic heterocycles. The van der Waals surface area contributed by atoms with Gasteiger partial charge in [-0.2, -0.15) is 0 Å². The number of halogens is 1. The number of ether oxygens (including phenoxy) is 3. The molecule has 1 aliphatic rings. The zero-order valence-electron chi connectivity index (χ0n) is 21.8. The van der Waals surface area contributed by atoms with E-state index in [4.69, 9.17) is 14.2 Å². The molecule has 0 radical (unpaired) electrons. The maximum absolute atomic E-state index is 14.0. The van der Waals surface area contributed by atoms with Crippen molar-refractivity contribution in [3.63, 3.8) is 0 Å². The van der Waals surface area contributed by atoms with Crippen molar-refractivity contribution >= 4 is 12.1 Å². The first-order valence-electron chi connectivity index (χ1n) is 12.5. The van der Waals surface area contributed by atoms with Crippen LogP contribution in [0.5, 0.6) is 5.75 Å². The van der Waals surface area contributed by atoms with Crippen LogP contribution in [0.1, 0.15) is 64.1 Å². The average Bonchev–Trinajstić information content (AvgIpc) is 2.84. The molecule has 1 saturated carbocycles. The fourth-order valence-corrected chi connectivity index (χ4v) is 4.25. The van der Waals surface area contributed by atoms with Crippen molar-refractivity contribution in [2.24, 2.45) is 5.92 Å². The molecule has 0 spiro atoms. The number of carbonyl (C=O) groups excluding carboxylic acids is 2. The number of aromatic nitrogens is 2. The maximum atomic E-state index is 14.0. The smallest absolute Gasteiger partial charge is 0.409 e. The third-order valence-corrected chi connectivity index (χ3v) is 6.07. The van der Waals surface area contributed by atoms with Crippen LogP contribution in [0.2, 0.25) is 0 Å². The van der Waals surface area contributed by atoms with Gasteiger partial charge in [0, 0.05) is 24.7 Å². The van der Waals surface area contributed by atoms with E-state index in [-0.39, 0.29) is 30.7 Å². The Kier molecular flexibility index (Phi) is 9.61. The number of aryl methyl sites for hydroxylation is 1. The SMILES string of the molecule is CCCN(C)C(=O)OCc1cc(F)ccc1-c1ncc(O[C@H]2CCC[C@H](C(=O)OC(C)C)C2)c(C)n1. The second-order valence-electron chi connectivity index (χ2n) is 9.51. The van der Waals surface area contributed by atoms with Crippen molar-refractivity contribution in [3.05, 3.63) is 41.5 Å². The summed E-state index contributed by atoms with van der Waals surface area (Å²) in [6.45, 7) is 7.94. The normalized spacial score (nSPS) is 17.5. The summed E-state index contributed by atoms with van der Waals surface area (Å²) >= 11 is 0. The summed E-state index contributed by atoms with van der Waals surface area (Å²) in [5, 5.41) is 0. The number of benzene rings is 1. The van der Waals surface area contributed by atoms with Gasteiger partial charge in [0.2, 0.25) is 0 Å². The second-order valence-corrected chi connectivity index (χ2v) is 9.51. The lowest BCUT2D eigenvalue weighted by Gasteiger charge is -2.29. The van der Waals surface area contributed by atoms with E-state index in [1.54, 1.807) is 19.3 Å². The molecule has 1 fully saturated rings. The van der Waals surface area contributed by atoms with Gasteiger partial charge in [0.1, 0.15) is 12.4 Å². The molecule has 0 unspecified atom stereocenters. The Morgan fingerprint density at radius 1 is 1.25 bits per heavy atom. The van der Waals surface area contributed by atoms with Crippen LogP contribution in [0, 0.1) is 18.7 Å². The molecule has 0 N–H and O–H groups in total. The van der Waals surface area contributed by atoms with Crippen LogP contribution in [0.4, 0.5) is 9.18 Å². The Bertz CT molecular complexity index is 1060. The Morgan fingerprint density at radius 3 is 2.72 bits per heavy atom. The molecule has 1 aliphatic carbocycles. The molecule has 9 heteroatoms. The molecular formula is C27H36FN3O5. The van der Waals surface area contributed by atoms with Gasteiger partial charge in [-0.05, 0) is 71.1 Å². The highest BCUT2D eigenvalue weighted by Gasteiger charge is 2.30. The fourth-order valence-electron chi connectivity index (χ4n) is 4.25. The largest absolute Gasteiger partial charge is 0.487 e. The zero-order valence-corrected chi connectivity index (χ0v) is 21.8. The molecule has 0 aliphatic heterocycles. The van der Waals surface area contributed by atoms with Crippen molar-refractivity contribution in [2.75, 3.05) is 13.6 Å². The first-order chi connectivity index (χ1) is 17.2. The van der Waals surface area contributed by atoms with Crippen molar-refractivity contribution < 1.29 is 28.2 Å². The van der Waals surface area contributed by atoms with Gasteiger partial charge in [0.15, 0.2) is 11.6 Å². The monoisotopic (exact) mass is 501 g/mol. The van der Waals surface area contributed by atoms with Gasteiger partial charge in [-0.3, -0.25) is 4.79 Å². The topological polar surface area (TPSA) is 90.9 Å². The molecule has 2 atom stereocenters. The summed E-state index contributed by atoms with van der Waals surface area (Å²) in [5.41, 5.74) is 1.67. The van der Waals surface area contributed by atoms with Crippen molar-refractivity contribution in [1.29, 1.82) is 0 Å². The van der Waals surface area contributed by atoms with Crippen LogP contribution < -0.4 is 4.74 Å². The van der Waals surface area contributed by atoms with Gasteiger partial charge in [-0.1, -0.05) is 6.92 Å². The minimum absolute atomic E-state index is 0.101.